The van der Waals surface area contributed by atoms with Crippen LogP contribution in [0.3, 0.4) is 0 Å². The van der Waals surface area contributed by atoms with Crippen molar-refractivity contribution in [2.45, 2.75) is 19.4 Å². The Balaban J connectivity index is 2.38. The highest BCUT2D eigenvalue weighted by molar-refractivity contribution is 6.31. The van der Waals surface area contributed by atoms with Crippen molar-refractivity contribution in [2.24, 2.45) is 0 Å². The van der Waals surface area contributed by atoms with Gasteiger partial charge in [0.15, 0.2) is 0 Å². The number of hydrogen-bond donors (Lipinski definition) is 1. The highest BCUT2D eigenvalue weighted by atomic mass is 35.5. The lowest BCUT2D eigenvalue weighted by molar-refractivity contribution is 0.390. The number of nitrogens with zero attached hydrogens (tertiary/aromatic N) is 2. The van der Waals surface area contributed by atoms with E-state index in [1.807, 2.05) is 0 Å². The first kappa shape index (κ1) is 15.7. The van der Waals surface area contributed by atoms with Gasteiger partial charge in [0.05, 0.1) is 18.8 Å². The molecule has 1 atom stereocenters. The second-order valence-electron chi connectivity index (χ2n) is 4.55. The second-order valence-corrected chi connectivity index (χ2v) is 4.96. The molecule has 0 saturated carbocycles. The molecular formula is C15H17ClFN3O. The van der Waals surface area contributed by atoms with Crippen LogP contribution in [0.5, 0.6) is 5.88 Å². The van der Waals surface area contributed by atoms with E-state index in [9.17, 15) is 4.39 Å². The summed E-state index contributed by atoms with van der Waals surface area (Å²) in [5.74, 6) is 0.0949. The lowest BCUT2D eigenvalue weighted by Crippen LogP contribution is -2.24. The van der Waals surface area contributed by atoms with E-state index in [-0.39, 0.29) is 11.9 Å². The van der Waals surface area contributed by atoms with Gasteiger partial charge in [-0.1, -0.05) is 18.5 Å². The molecule has 0 aliphatic heterocycles. The minimum atomic E-state index is -0.334. The van der Waals surface area contributed by atoms with E-state index in [4.69, 9.17) is 16.3 Å². The van der Waals surface area contributed by atoms with Crippen LogP contribution in [0.1, 0.15) is 30.6 Å². The molecule has 1 unspecified atom stereocenters. The molecule has 1 aromatic heterocycles. The Bertz CT molecular complexity index is 592. The van der Waals surface area contributed by atoms with Crippen LogP contribution in [0.2, 0.25) is 5.02 Å². The van der Waals surface area contributed by atoms with Crippen LogP contribution in [0.15, 0.2) is 30.3 Å². The zero-order chi connectivity index (χ0) is 15.2. The van der Waals surface area contributed by atoms with E-state index >= 15 is 0 Å². The second kappa shape index (κ2) is 7.33. The molecule has 1 aromatic carbocycles. The summed E-state index contributed by atoms with van der Waals surface area (Å²) in [4.78, 5) is 0. The molecule has 1 heterocycles. The van der Waals surface area contributed by atoms with Crippen LogP contribution in [-0.2, 0) is 0 Å². The lowest BCUT2D eigenvalue weighted by atomic mass is 10.0. The molecule has 0 aliphatic rings. The van der Waals surface area contributed by atoms with Crippen LogP contribution in [0.25, 0.3) is 0 Å². The summed E-state index contributed by atoms with van der Waals surface area (Å²) in [5.41, 5.74) is 1.31. The SMILES string of the molecule is CCCNC(c1ccc(OC)nn1)c1cc(F)ccc1Cl. The van der Waals surface area contributed by atoms with Crippen molar-refractivity contribution >= 4 is 11.6 Å². The molecule has 0 spiro atoms. The molecule has 0 amide bonds. The number of rotatable bonds is 6. The Hall–Kier alpha value is -1.72. The van der Waals surface area contributed by atoms with Crippen molar-refractivity contribution in [2.75, 3.05) is 13.7 Å². The predicted molar refractivity (Wildman–Crippen MR) is 80.1 cm³/mol. The van der Waals surface area contributed by atoms with Crippen molar-refractivity contribution in [3.8, 4) is 5.88 Å². The molecule has 6 heteroatoms. The fourth-order valence-electron chi connectivity index (χ4n) is 1.99. The Labute approximate surface area is 128 Å². The van der Waals surface area contributed by atoms with Crippen LogP contribution in [0.4, 0.5) is 4.39 Å². The molecule has 0 radical (unpaired) electrons. The average molecular weight is 310 g/mol. The Morgan fingerprint density at radius 3 is 2.71 bits per heavy atom. The van der Waals surface area contributed by atoms with E-state index in [1.54, 1.807) is 18.2 Å². The zero-order valence-corrected chi connectivity index (χ0v) is 12.7. The van der Waals surface area contributed by atoms with E-state index in [1.165, 1.54) is 19.2 Å². The number of aromatic nitrogens is 2. The number of halogens is 2. The van der Waals surface area contributed by atoms with Gasteiger partial charge in [0.1, 0.15) is 5.82 Å². The van der Waals surface area contributed by atoms with Crippen LogP contribution < -0.4 is 10.1 Å². The predicted octanol–water partition coefficient (Wildman–Crippen LogP) is 3.37. The number of methoxy groups -OCH3 is 1. The molecule has 0 aliphatic carbocycles. The summed E-state index contributed by atoms with van der Waals surface area (Å²) in [7, 11) is 1.53. The molecule has 112 valence electrons. The van der Waals surface area contributed by atoms with E-state index in [2.05, 4.69) is 22.4 Å². The Morgan fingerprint density at radius 2 is 2.10 bits per heavy atom. The van der Waals surface area contributed by atoms with Crippen LogP contribution >= 0.6 is 11.6 Å². The molecule has 2 aromatic rings. The van der Waals surface area contributed by atoms with Gasteiger partial charge in [-0.05, 0) is 42.8 Å². The first-order chi connectivity index (χ1) is 10.2. The van der Waals surface area contributed by atoms with E-state index in [0.29, 0.717) is 22.2 Å². The summed E-state index contributed by atoms with van der Waals surface area (Å²) in [5, 5.41) is 11.9. The maximum Gasteiger partial charge on any atom is 0.233 e. The monoisotopic (exact) mass is 309 g/mol. The molecule has 1 N–H and O–H groups in total. The van der Waals surface area contributed by atoms with Gasteiger partial charge in [0.25, 0.3) is 0 Å². The quantitative estimate of drug-likeness (QED) is 0.889. The molecule has 4 nitrogen and oxygen atoms in total. The van der Waals surface area contributed by atoms with Gasteiger partial charge in [0, 0.05) is 11.1 Å². The minimum absolute atomic E-state index is 0.313. The molecule has 0 saturated heterocycles. The van der Waals surface area contributed by atoms with E-state index in [0.717, 1.165) is 13.0 Å². The van der Waals surface area contributed by atoms with Gasteiger partial charge in [-0.15, -0.1) is 10.2 Å². The Kier molecular flexibility index (Phi) is 5.47. The number of ether oxygens (including phenoxy) is 1. The zero-order valence-electron chi connectivity index (χ0n) is 11.9. The first-order valence-corrected chi connectivity index (χ1v) is 7.09. The fourth-order valence-corrected chi connectivity index (χ4v) is 2.22. The summed E-state index contributed by atoms with van der Waals surface area (Å²) in [6.07, 6.45) is 0.938. The van der Waals surface area contributed by atoms with Gasteiger partial charge in [-0.25, -0.2) is 4.39 Å². The van der Waals surface area contributed by atoms with Crippen molar-refractivity contribution in [3.05, 3.63) is 52.4 Å². The molecular weight excluding hydrogens is 293 g/mol. The molecule has 21 heavy (non-hydrogen) atoms. The van der Waals surface area contributed by atoms with E-state index < -0.39 is 0 Å². The van der Waals surface area contributed by atoms with Gasteiger partial charge in [-0.3, -0.25) is 0 Å². The fraction of sp³-hybridized carbons (Fsp3) is 0.333. The summed E-state index contributed by atoms with van der Waals surface area (Å²) in [6, 6.07) is 7.50. The average Bonchev–Trinajstić information content (AvgIpc) is 2.51. The maximum atomic E-state index is 13.5. The standard InChI is InChI=1S/C15H17ClFN3O/c1-3-8-18-15(11-9-10(17)4-5-12(11)16)13-6-7-14(21-2)20-19-13/h4-7,9,15,18H,3,8H2,1-2H3. The summed E-state index contributed by atoms with van der Waals surface area (Å²) in [6.45, 7) is 2.81. The topological polar surface area (TPSA) is 47.0 Å². The maximum absolute atomic E-state index is 13.5. The van der Waals surface area contributed by atoms with Crippen LogP contribution in [0, 0.1) is 5.82 Å². The smallest absolute Gasteiger partial charge is 0.233 e. The highest BCUT2D eigenvalue weighted by Gasteiger charge is 2.19. The van der Waals surface area contributed by atoms with Crippen molar-refractivity contribution in [1.29, 1.82) is 0 Å². The summed E-state index contributed by atoms with van der Waals surface area (Å²) < 4.78 is 18.5. The lowest BCUT2D eigenvalue weighted by Gasteiger charge is -2.19. The summed E-state index contributed by atoms with van der Waals surface area (Å²) >= 11 is 6.20. The molecule has 0 bridgehead atoms. The van der Waals surface area contributed by atoms with Gasteiger partial charge < -0.3 is 10.1 Å². The van der Waals surface area contributed by atoms with Gasteiger partial charge in [0.2, 0.25) is 5.88 Å². The van der Waals surface area contributed by atoms with Crippen molar-refractivity contribution in [3.63, 3.8) is 0 Å². The number of hydrogen-bond acceptors (Lipinski definition) is 4. The largest absolute Gasteiger partial charge is 0.480 e. The number of benzene rings is 1. The number of nitrogens with one attached hydrogen (secondary N) is 1. The highest BCUT2D eigenvalue weighted by Crippen LogP contribution is 2.28. The third-order valence-corrected chi connectivity index (χ3v) is 3.38. The molecule has 0 fully saturated rings. The van der Waals surface area contributed by atoms with Crippen LogP contribution in [-0.4, -0.2) is 23.9 Å². The Morgan fingerprint density at radius 1 is 1.29 bits per heavy atom. The molecule has 2 rings (SSSR count). The van der Waals surface area contributed by atoms with Crippen molar-refractivity contribution in [1.82, 2.24) is 15.5 Å². The normalized spacial score (nSPS) is 12.2. The third-order valence-electron chi connectivity index (χ3n) is 3.03. The van der Waals surface area contributed by atoms with Gasteiger partial charge >= 0.3 is 0 Å². The van der Waals surface area contributed by atoms with Crippen molar-refractivity contribution < 1.29 is 9.13 Å². The first-order valence-electron chi connectivity index (χ1n) is 6.71. The third kappa shape index (κ3) is 3.89. The van der Waals surface area contributed by atoms with Gasteiger partial charge in [-0.2, -0.15) is 0 Å². The minimum Gasteiger partial charge on any atom is -0.480 e.